The van der Waals surface area contributed by atoms with Gasteiger partial charge in [-0.3, -0.25) is 0 Å². The van der Waals surface area contributed by atoms with Crippen LogP contribution in [0.25, 0.3) is 0 Å². The van der Waals surface area contributed by atoms with E-state index < -0.39 is 23.6 Å². The number of ether oxygens (including phenoxy) is 2. The number of carbonyl (C=O) groups excluding carboxylic acids is 1. The third-order valence-electron chi connectivity index (χ3n) is 2.45. The average molecular weight is 214 g/mol. The van der Waals surface area contributed by atoms with Gasteiger partial charge >= 0.3 is 5.97 Å². The fourth-order valence-electron chi connectivity index (χ4n) is 1.55. The fraction of sp³-hybridized carbons (Fsp3) is 0.727. The Morgan fingerprint density at radius 2 is 2.00 bits per heavy atom. The van der Waals surface area contributed by atoms with E-state index >= 15 is 0 Å². The summed E-state index contributed by atoms with van der Waals surface area (Å²) in [5.74, 6) is -0.0517. The van der Waals surface area contributed by atoms with Gasteiger partial charge in [0.2, 0.25) is 0 Å². The zero-order valence-electron chi connectivity index (χ0n) is 9.83. The Hall–Kier alpha value is -1.03. The van der Waals surface area contributed by atoms with Crippen LogP contribution in [0.5, 0.6) is 0 Å². The van der Waals surface area contributed by atoms with Crippen molar-refractivity contribution in [3.05, 3.63) is 11.3 Å². The van der Waals surface area contributed by atoms with Gasteiger partial charge in [-0.15, -0.1) is 0 Å². The van der Waals surface area contributed by atoms with Gasteiger partial charge in [-0.05, 0) is 12.3 Å². The van der Waals surface area contributed by atoms with Gasteiger partial charge in [-0.25, -0.2) is 4.79 Å². The Balaban J connectivity index is 3.10. The molecule has 0 aromatic carbocycles. The molecule has 0 saturated carbocycles. The molecule has 0 fully saturated rings. The topological polar surface area (TPSA) is 55.8 Å². The number of hydrogen-bond donors (Lipinski definition) is 1. The molecule has 0 bridgehead atoms. The van der Waals surface area contributed by atoms with Crippen LogP contribution in [0.3, 0.4) is 0 Å². The molecule has 15 heavy (non-hydrogen) atoms. The highest BCUT2D eigenvalue weighted by molar-refractivity contribution is 5.93. The van der Waals surface area contributed by atoms with Crippen molar-refractivity contribution in [1.29, 1.82) is 0 Å². The molecule has 86 valence electrons. The lowest BCUT2D eigenvalue weighted by atomic mass is 9.84. The number of cyclic esters (lactones) is 1. The van der Waals surface area contributed by atoms with E-state index in [1.54, 1.807) is 6.92 Å². The molecule has 4 heteroatoms. The minimum absolute atomic E-state index is 0.248. The predicted octanol–water partition coefficient (Wildman–Crippen LogP) is 1.24. The molecule has 1 N–H and O–H groups in total. The van der Waals surface area contributed by atoms with Crippen molar-refractivity contribution in [2.75, 3.05) is 7.11 Å². The number of carbonyl (C=O) groups is 1. The SMILES string of the molecule is COC1=C(C(O)C(C)(C)C)C(=O)OC1C. The molecule has 2 atom stereocenters. The first-order valence-electron chi connectivity index (χ1n) is 4.96. The number of esters is 1. The summed E-state index contributed by atoms with van der Waals surface area (Å²) in [6.07, 6.45) is -1.28. The summed E-state index contributed by atoms with van der Waals surface area (Å²) in [7, 11) is 1.48. The van der Waals surface area contributed by atoms with E-state index in [2.05, 4.69) is 0 Å². The molecule has 0 aromatic heterocycles. The summed E-state index contributed by atoms with van der Waals surface area (Å²) in [5, 5.41) is 10.0. The maximum absolute atomic E-state index is 11.5. The maximum atomic E-state index is 11.5. The maximum Gasteiger partial charge on any atom is 0.340 e. The van der Waals surface area contributed by atoms with E-state index in [-0.39, 0.29) is 5.57 Å². The first kappa shape index (κ1) is 12.0. The van der Waals surface area contributed by atoms with E-state index in [9.17, 15) is 9.90 Å². The molecule has 1 aliphatic heterocycles. The molecule has 0 radical (unpaired) electrons. The van der Waals surface area contributed by atoms with Gasteiger partial charge in [0, 0.05) is 0 Å². The third-order valence-corrected chi connectivity index (χ3v) is 2.45. The predicted molar refractivity (Wildman–Crippen MR) is 55.1 cm³/mol. The molecule has 0 amide bonds. The van der Waals surface area contributed by atoms with Crippen molar-refractivity contribution in [2.24, 2.45) is 5.41 Å². The van der Waals surface area contributed by atoms with Gasteiger partial charge in [-0.1, -0.05) is 20.8 Å². The molecule has 0 saturated heterocycles. The molecular weight excluding hydrogens is 196 g/mol. The van der Waals surface area contributed by atoms with E-state index in [1.165, 1.54) is 7.11 Å². The van der Waals surface area contributed by atoms with Gasteiger partial charge < -0.3 is 14.6 Å². The van der Waals surface area contributed by atoms with Gasteiger partial charge in [0.1, 0.15) is 11.3 Å². The summed E-state index contributed by atoms with van der Waals surface area (Å²) in [5.41, 5.74) is -0.167. The van der Waals surface area contributed by atoms with E-state index in [0.29, 0.717) is 5.76 Å². The lowest BCUT2D eigenvalue weighted by Crippen LogP contribution is -2.31. The van der Waals surface area contributed by atoms with Crippen LogP contribution < -0.4 is 0 Å². The Bertz CT molecular complexity index is 298. The van der Waals surface area contributed by atoms with Crippen molar-refractivity contribution in [1.82, 2.24) is 0 Å². The molecule has 1 rings (SSSR count). The number of hydrogen-bond acceptors (Lipinski definition) is 4. The van der Waals surface area contributed by atoms with Crippen LogP contribution in [-0.2, 0) is 14.3 Å². The van der Waals surface area contributed by atoms with Gasteiger partial charge in [0.25, 0.3) is 0 Å². The Labute approximate surface area is 89.9 Å². The van der Waals surface area contributed by atoms with Crippen LogP contribution in [0.2, 0.25) is 0 Å². The van der Waals surface area contributed by atoms with Crippen LogP contribution in [0.4, 0.5) is 0 Å². The van der Waals surface area contributed by atoms with Crippen molar-refractivity contribution in [3.63, 3.8) is 0 Å². The summed E-state index contributed by atoms with van der Waals surface area (Å²) in [6.45, 7) is 7.29. The van der Waals surface area contributed by atoms with Crippen molar-refractivity contribution >= 4 is 5.97 Å². The zero-order chi connectivity index (χ0) is 11.8. The highest BCUT2D eigenvalue weighted by Gasteiger charge is 2.40. The summed E-state index contributed by atoms with van der Waals surface area (Å²) >= 11 is 0. The standard InChI is InChI=1S/C11H18O4/c1-6-8(14-5)7(10(13)15-6)9(12)11(2,3)4/h6,9,12H,1-5H3. The van der Waals surface area contributed by atoms with Crippen molar-refractivity contribution in [2.45, 2.75) is 39.9 Å². The smallest absolute Gasteiger partial charge is 0.340 e. The number of aliphatic hydroxyl groups excluding tert-OH is 1. The summed E-state index contributed by atoms with van der Waals surface area (Å²) < 4.78 is 10.1. The van der Waals surface area contributed by atoms with Crippen molar-refractivity contribution in [3.8, 4) is 0 Å². The Morgan fingerprint density at radius 3 is 2.40 bits per heavy atom. The van der Waals surface area contributed by atoms with Crippen LogP contribution >= 0.6 is 0 Å². The lowest BCUT2D eigenvalue weighted by Gasteiger charge is -2.25. The van der Waals surface area contributed by atoms with Crippen molar-refractivity contribution < 1.29 is 19.4 Å². The molecule has 4 nitrogen and oxygen atoms in total. The number of methoxy groups -OCH3 is 1. The minimum Gasteiger partial charge on any atom is -0.496 e. The van der Waals surface area contributed by atoms with E-state index in [1.807, 2.05) is 20.8 Å². The van der Waals surface area contributed by atoms with Crippen LogP contribution in [0.15, 0.2) is 11.3 Å². The number of rotatable bonds is 2. The molecule has 1 aliphatic rings. The van der Waals surface area contributed by atoms with E-state index in [0.717, 1.165) is 0 Å². The quantitative estimate of drug-likeness (QED) is 0.703. The largest absolute Gasteiger partial charge is 0.496 e. The zero-order valence-corrected chi connectivity index (χ0v) is 9.83. The van der Waals surface area contributed by atoms with E-state index in [4.69, 9.17) is 9.47 Å². The lowest BCUT2D eigenvalue weighted by molar-refractivity contribution is -0.141. The fourth-order valence-corrected chi connectivity index (χ4v) is 1.55. The second-order valence-corrected chi connectivity index (χ2v) is 4.80. The molecule has 0 aromatic rings. The minimum atomic E-state index is -0.870. The molecule has 1 heterocycles. The number of aliphatic hydroxyl groups is 1. The van der Waals surface area contributed by atoms with Crippen LogP contribution in [0.1, 0.15) is 27.7 Å². The highest BCUT2D eigenvalue weighted by Crippen LogP contribution is 2.33. The van der Waals surface area contributed by atoms with Gasteiger partial charge in [0.15, 0.2) is 6.10 Å². The highest BCUT2D eigenvalue weighted by atomic mass is 16.6. The summed E-state index contributed by atoms with van der Waals surface area (Å²) in [6, 6.07) is 0. The molecular formula is C11H18O4. The Kier molecular flexibility index (Phi) is 3.09. The van der Waals surface area contributed by atoms with Crippen LogP contribution in [-0.4, -0.2) is 30.4 Å². The second-order valence-electron chi connectivity index (χ2n) is 4.80. The van der Waals surface area contributed by atoms with Gasteiger partial charge in [0.05, 0.1) is 13.2 Å². The Morgan fingerprint density at radius 1 is 1.47 bits per heavy atom. The molecule has 0 aliphatic carbocycles. The molecule has 2 unspecified atom stereocenters. The first-order chi connectivity index (χ1) is 6.79. The average Bonchev–Trinajstić information content (AvgIpc) is 2.37. The van der Waals surface area contributed by atoms with Crippen LogP contribution in [0, 0.1) is 5.41 Å². The third kappa shape index (κ3) is 2.15. The van der Waals surface area contributed by atoms with Gasteiger partial charge in [-0.2, -0.15) is 0 Å². The molecule has 0 spiro atoms. The monoisotopic (exact) mass is 214 g/mol. The summed E-state index contributed by atoms with van der Waals surface area (Å²) in [4.78, 5) is 11.5. The second kappa shape index (κ2) is 3.85. The first-order valence-corrected chi connectivity index (χ1v) is 4.96. The normalized spacial score (nSPS) is 24.1.